The first-order valence-electron chi connectivity index (χ1n) is 10.4. The van der Waals surface area contributed by atoms with E-state index in [2.05, 4.69) is 25.9 Å². The molecule has 168 valence electrons. The van der Waals surface area contributed by atoms with Crippen molar-refractivity contribution < 1.29 is 9.59 Å². The van der Waals surface area contributed by atoms with Crippen LogP contribution in [0.4, 0.5) is 11.5 Å². The number of aromatic nitrogens is 1. The molecule has 0 radical (unpaired) electrons. The van der Waals surface area contributed by atoms with Crippen LogP contribution in [0, 0.1) is 0 Å². The zero-order valence-electron chi connectivity index (χ0n) is 17.6. The number of anilines is 2. The van der Waals surface area contributed by atoms with Crippen LogP contribution < -0.4 is 16.0 Å². The predicted octanol–water partition coefficient (Wildman–Crippen LogP) is 5.17. The normalized spacial score (nSPS) is 12.7. The third-order valence-electron chi connectivity index (χ3n) is 5.03. The highest BCUT2D eigenvalue weighted by atomic mass is 35.5. The average Bonchev–Trinajstić information content (AvgIpc) is 3.34. The second-order valence-corrected chi connectivity index (χ2v) is 8.32. The van der Waals surface area contributed by atoms with Crippen LogP contribution in [0.2, 0.25) is 10.0 Å². The van der Waals surface area contributed by atoms with E-state index in [1.807, 2.05) is 12.1 Å². The smallest absolute Gasteiger partial charge is 0.258 e. The molecule has 2 heterocycles. The molecule has 0 spiro atoms. The van der Waals surface area contributed by atoms with Crippen molar-refractivity contribution in [2.75, 3.05) is 17.2 Å². The Morgan fingerprint density at radius 1 is 0.909 bits per heavy atom. The number of pyridine rings is 1. The van der Waals surface area contributed by atoms with Gasteiger partial charge in [0.2, 0.25) is 0 Å². The topological polar surface area (TPSA) is 95.5 Å². The van der Waals surface area contributed by atoms with Crippen molar-refractivity contribution in [3.63, 3.8) is 0 Å². The molecule has 1 aliphatic rings. The number of hydrogen-bond acceptors (Lipinski definition) is 5. The highest BCUT2D eigenvalue weighted by Gasteiger charge is 2.16. The molecule has 2 aromatic carbocycles. The molecule has 0 saturated heterocycles. The van der Waals surface area contributed by atoms with Crippen molar-refractivity contribution in [2.45, 2.75) is 19.4 Å². The van der Waals surface area contributed by atoms with E-state index in [1.54, 1.807) is 36.4 Å². The third kappa shape index (κ3) is 6.09. The molecule has 0 saturated carbocycles. The van der Waals surface area contributed by atoms with Gasteiger partial charge in [0.15, 0.2) is 0 Å². The Morgan fingerprint density at radius 3 is 2.39 bits per heavy atom. The van der Waals surface area contributed by atoms with Gasteiger partial charge in [-0.15, -0.1) is 0 Å². The van der Waals surface area contributed by atoms with Crippen LogP contribution in [0.3, 0.4) is 0 Å². The Morgan fingerprint density at radius 2 is 1.70 bits per heavy atom. The van der Waals surface area contributed by atoms with E-state index in [4.69, 9.17) is 23.2 Å². The molecule has 0 unspecified atom stereocenters. The number of nitrogens with one attached hydrogen (secondary N) is 3. The number of amidine groups is 1. The number of carbonyl (C=O) groups excluding carboxylic acids is 2. The molecule has 3 N–H and O–H groups in total. The number of nitrogens with zero attached hydrogens (tertiary/aromatic N) is 2. The van der Waals surface area contributed by atoms with Crippen LogP contribution in [0.5, 0.6) is 0 Å². The molecule has 0 bridgehead atoms. The summed E-state index contributed by atoms with van der Waals surface area (Å²) in [5.74, 6) is 0.558. The van der Waals surface area contributed by atoms with Gasteiger partial charge in [-0.1, -0.05) is 35.3 Å². The molecule has 33 heavy (non-hydrogen) atoms. The fraction of sp³-hybridized carbons (Fsp3) is 0.167. The van der Waals surface area contributed by atoms with E-state index in [-0.39, 0.29) is 11.5 Å². The summed E-state index contributed by atoms with van der Waals surface area (Å²) in [5.41, 5.74) is 2.06. The largest absolute Gasteiger partial charge is 0.370 e. The SMILES string of the molecule is O=C(Nc1ccc(Cl)cc1C(=O)Nc1ccc(Cl)cn1)c1ccc(CNC2=NCCC2)cc1. The molecule has 0 fully saturated rings. The number of aliphatic imine (C=N–C) groups is 1. The van der Waals surface area contributed by atoms with E-state index in [1.165, 1.54) is 12.3 Å². The number of benzene rings is 2. The van der Waals surface area contributed by atoms with Gasteiger partial charge >= 0.3 is 0 Å². The maximum Gasteiger partial charge on any atom is 0.258 e. The van der Waals surface area contributed by atoms with Gasteiger partial charge in [0.25, 0.3) is 11.8 Å². The predicted molar refractivity (Wildman–Crippen MR) is 131 cm³/mol. The van der Waals surface area contributed by atoms with E-state index >= 15 is 0 Å². The zero-order valence-corrected chi connectivity index (χ0v) is 19.1. The summed E-state index contributed by atoms with van der Waals surface area (Å²) in [7, 11) is 0. The summed E-state index contributed by atoms with van der Waals surface area (Å²) < 4.78 is 0. The van der Waals surface area contributed by atoms with Crippen LogP contribution in [0.15, 0.2) is 65.8 Å². The first-order valence-corrected chi connectivity index (χ1v) is 11.1. The minimum atomic E-state index is -0.459. The van der Waals surface area contributed by atoms with Gasteiger partial charge in [0.05, 0.1) is 22.1 Å². The summed E-state index contributed by atoms with van der Waals surface area (Å²) in [4.78, 5) is 34.1. The second-order valence-electron chi connectivity index (χ2n) is 7.44. The molecular formula is C24H21Cl2N5O2. The molecule has 4 rings (SSSR count). The lowest BCUT2D eigenvalue weighted by atomic mass is 10.1. The fourth-order valence-electron chi connectivity index (χ4n) is 3.30. The van der Waals surface area contributed by atoms with Crippen molar-refractivity contribution in [2.24, 2.45) is 4.99 Å². The minimum Gasteiger partial charge on any atom is -0.370 e. The second kappa shape index (κ2) is 10.5. The van der Waals surface area contributed by atoms with E-state index < -0.39 is 5.91 Å². The van der Waals surface area contributed by atoms with E-state index in [9.17, 15) is 9.59 Å². The van der Waals surface area contributed by atoms with Crippen molar-refractivity contribution >= 4 is 52.4 Å². The van der Waals surface area contributed by atoms with E-state index in [0.717, 1.165) is 30.8 Å². The van der Waals surface area contributed by atoms with E-state index in [0.29, 0.717) is 33.7 Å². The van der Waals surface area contributed by atoms with Gasteiger partial charge in [-0.25, -0.2) is 4.98 Å². The summed E-state index contributed by atoms with van der Waals surface area (Å²) in [6.07, 6.45) is 3.49. The van der Waals surface area contributed by atoms with Crippen LogP contribution in [0.1, 0.15) is 39.1 Å². The van der Waals surface area contributed by atoms with Crippen LogP contribution in [0.25, 0.3) is 0 Å². The molecular weight excluding hydrogens is 461 g/mol. The Bertz CT molecular complexity index is 1190. The van der Waals surface area contributed by atoms with Crippen molar-refractivity contribution in [1.82, 2.24) is 10.3 Å². The van der Waals surface area contributed by atoms with Gasteiger partial charge in [0, 0.05) is 36.3 Å². The van der Waals surface area contributed by atoms with Crippen LogP contribution >= 0.6 is 23.2 Å². The summed E-state index contributed by atoms with van der Waals surface area (Å²) in [6, 6.07) is 15.2. The minimum absolute atomic E-state index is 0.214. The lowest BCUT2D eigenvalue weighted by Gasteiger charge is -2.12. The van der Waals surface area contributed by atoms with Gasteiger partial charge < -0.3 is 16.0 Å². The van der Waals surface area contributed by atoms with Crippen molar-refractivity contribution in [1.29, 1.82) is 0 Å². The first kappa shape index (κ1) is 22.8. The monoisotopic (exact) mass is 481 g/mol. The third-order valence-corrected chi connectivity index (χ3v) is 5.49. The zero-order chi connectivity index (χ0) is 23.2. The van der Waals surface area contributed by atoms with Crippen molar-refractivity contribution in [3.8, 4) is 0 Å². The van der Waals surface area contributed by atoms with Crippen LogP contribution in [-0.2, 0) is 6.54 Å². The molecule has 1 aliphatic heterocycles. The number of amides is 2. The number of hydrogen-bond donors (Lipinski definition) is 3. The maximum atomic E-state index is 12.8. The molecule has 3 aromatic rings. The number of rotatable bonds is 6. The maximum absolute atomic E-state index is 12.8. The Labute approximate surface area is 201 Å². The first-order chi connectivity index (χ1) is 16.0. The highest BCUT2D eigenvalue weighted by molar-refractivity contribution is 6.31. The molecule has 1 aromatic heterocycles. The number of halogens is 2. The van der Waals surface area contributed by atoms with Crippen molar-refractivity contribution in [3.05, 3.63) is 87.5 Å². The molecule has 7 nitrogen and oxygen atoms in total. The quantitative estimate of drug-likeness (QED) is 0.452. The van der Waals surface area contributed by atoms with Crippen LogP contribution in [-0.4, -0.2) is 29.2 Å². The lowest BCUT2D eigenvalue weighted by Crippen LogP contribution is -2.21. The molecule has 0 aliphatic carbocycles. The lowest BCUT2D eigenvalue weighted by molar-refractivity contribution is 0.102. The van der Waals surface area contributed by atoms with Gasteiger partial charge in [-0.2, -0.15) is 0 Å². The summed E-state index contributed by atoms with van der Waals surface area (Å²) >= 11 is 11.9. The Hall–Kier alpha value is -3.42. The summed E-state index contributed by atoms with van der Waals surface area (Å²) in [6.45, 7) is 1.53. The van der Waals surface area contributed by atoms with Gasteiger partial charge in [-0.05, 0) is 54.4 Å². The Kier molecular flexibility index (Phi) is 7.22. The van der Waals surface area contributed by atoms with Gasteiger partial charge in [0.1, 0.15) is 5.82 Å². The van der Waals surface area contributed by atoms with Gasteiger partial charge in [-0.3, -0.25) is 14.6 Å². The molecule has 0 atom stereocenters. The average molecular weight is 482 g/mol. The fourth-order valence-corrected chi connectivity index (χ4v) is 3.59. The number of carbonyl (C=O) groups is 2. The Balaban J connectivity index is 1.44. The molecule has 2 amide bonds. The standard InChI is InChI=1S/C24H21Cl2N5O2/c25-17-7-9-20(19(12-17)24(33)31-22-10-8-18(26)14-29-22)30-23(32)16-5-3-15(4-6-16)13-28-21-2-1-11-27-21/h3-10,12,14H,1-2,11,13H2,(H,27,28)(H,30,32)(H,29,31,33). The summed E-state index contributed by atoms with van der Waals surface area (Å²) in [5, 5.41) is 9.60. The molecule has 9 heteroatoms. The highest BCUT2D eigenvalue weighted by Crippen LogP contribution is 2.23.